The zero-order valence-corrected chi connectivity index (χ0v) is 13.5. The Kier molecular flexibility index (Phi) is 4.54. The highest BCUT2D eigenvalue weighted by Gasteiger charge is 2.06. The molecule has 0 amide bonds. The first-order valence-corrected chi connectivity index (χ1v) is 8.75. The first-order valence-electron chi connectivity index (χ1n) is 7.20. The molecular weight excluding hydrogens is 328 g/mol. The summed E-state index contributed by atoms with van der Waals surface area (Å²) in [7, 11) is -3.65. The van der Waals surface area contributed by atoms with Gasteiger partial charge in [-0.3, -0.25) is 4.98 Å². The van der Waals surface area contributed by atoms with E-state index in [1.165, 1.54) is 12.1 Å². The van der Waals surface area contributed by atoms with E-state index in [1.807, 2.05) is 6.07 Å². The fourth-order valence-corrected chi connectivity index (χ4v) is 2.65. The van der Waals surface area contributed by atoms with Crippen molar-refractivity contribution in [3.05, 3.63) is 60.7 Å². The van der Waals surface area contributed by atoms with E-state index in [4.69, 9.17) is 5.14 Å². The largest absolute Gasteiger partial charge is 0.368 e. The van der Waals surface area contributed by atoms with E-state index in [9.17, 15) is 8.42 Å². The molecule has 24 heavy (non-hydrogen) atoms. The molecule has 0 aliphatic heterocycles. The fourth-order valence-electron chi connectivity index (χ4n) is 2.14. The van der Waals surface area contributed by atoms with Crippen LogP contribution in [0.3, 0.4) is 0 Å². The first-order chi connectivity index (χ1) is 11.5. The SMILES string of the molecule is NS(=O)(=O)c1ccc(CCNc2cncc(-n3cccn3)n2)cc1. The highest BCUT2D eigenvalue weighted by atomic mass is 32.2. The third-order valence-electron chi connectivity index (χ3n) is 3.33. The van der Waals surface area contributed by atoms with Crippen LogP contribution in [0.15, 0.2) is 60.0 Å². The summed E-state index contributed by atoms with van der Waals surface area (Å²) in [5.74, 6) is 1.27. The summed E-state index contributed by atoms with van der Waals surface area (Å²) < 4.78 is 24.1. The molecule has 0 saturated carbocycles. The van der Waals surface area contributed by atoms with E-state index in [2.05, 4.69) is 20.4 Å². The van der Waals surface area contributed by atoms with Crippen molar-refractivity contribution in [3.63, 3.8) is 0 Å². The third-order valence-corrected chi connectivity index (χ3v) is 4.26. The molecule has 0 aliphatic carbocycles. The number of nitrogens with one attached hydrogen (secondary N) is 1. The number of hydrogen-bond acceptors (Lipinski definition) is 6. The number of aromatic nitrogens is 4. The monoisotopic (exact) mass is 344 g/mol. The molecule has 0 radical (unpaired) electrons. The normalized spacial score (nSPS) is 11.4. The van der Waals surface area contributed by atoms with Crippen LogP contribution in [0.1, 0.15) is 5.56 Å². The van der Waals surface area contributed by atoms with Gasteiger partial charge in [0.15, 0.2) is 5.82 Å². The maximum atomic E-state index is 11.2. The first kappa shape index (κ1) is 16.1. The molecule has 8 nitrogen and oxygen atoms in total. The highest BCUT2D eigenvalue weighted by molar-refractivity contribution is 7.89. The van der Waals surface area contributed by atoms with Gasteiger partial charge in [-0.1, -0.05) is 12.1 Å². The smallest absolute Gasteiger partial charge is 0.238 e. The van der Waals surface area contributed by atoms with Crippen LogP contribution >= 0.6 is 0 Å². The number of nitrogens with two attached hydrogens (primary N) is 1. The summed E-state index contributed by atoms with van der Waals surface area (Å²) in [4.78, 5) is 8.67. The number of sulfonamides is 1. The Morgan fingerprint density at radius 2 is 1.96 bits per heavy atom. The van der Waals surface area contributed by atoms with Gasteiger partial charge in [-0.05, 0) is 30.2 Å². The van der Waals surface area contributed by atoms with Gasteiger partial charge in [-0.15, -0.1) is 0 Å². The van der Waals surface area contributed by atoms with Crippen LogP contribution in [0.5, 0.6) is 0 Å². The quantitative estimate of drug-likeness (QED) is 0.688. The zero-order valence-electron chi connectivity index (χ0n) is 12.7. The van der Waals surface area contributed by atoms with Crippen LogP contribution in [0.2, 0.25) is 0 Å². The van der Waals surface area contributed by atoms with E-state index in [1.54, 1.807) is 41.6 Å². The lowest BCUT2D eigenvalue weighted by molar-refractivity contribution is 0.598. The number of primary sulfonamides is 1. The van der Waals surface area contributed by atoms with E-state index in [-0.39, 0.29) is 4.90 Å². The number of anilines is 1. The van der Waals surface area contributed by atoms with Crippen LogP contribution in [-0.4, -0.2) is 34.7 Å². The molecular formula is C15H16N6O2S. The minimum atomic E-state index is -3.65. The predicted molar refractivity (Wildman–Crippen MR) is 89.2 cm³/mol. The molecule has 3 N–H and O–H groups in total. The van der Waals surface area contributed by atoms with Crippen LogP contribution in [-0.2, 0) is 16.4 Å². The van der Waals surface area contributed by atoms with Gasteiger partial charge in [0.25, 0.3) is 0 Å². The van der Waals surface area contributed by atoms with Gasteiger partial charge in [-0.2, -0.15) is 5.10 Å². The van der Waals surface area contributed by atoms with Crippen molar-refractivity contribution in [3.8, 4) is 5.82 Å². The Morgan fingerprint density at radius 3 is 2.62 bits per heavy atom. The number of hydrogen-bond donors (Lipinski definition) is 2. The van der Waals surface area contributed by atoms with Crippen molar-refractivity contribution in [2.75, 3.05) is 11.9 Å². The zero-order chi connectivity index (χ0) is 17.0. The summed E-state index contributed by atoms with van der Waals surface area (Å²) in [6, 6.07) is 8.30. The second kappa shape index (κ2) is 6.77. The molecule has 3 rings (SSSR count). The molecule has 0 spiro atoms. The molecule has 0 saturated heterocycles. The summed E-state index contributed by atoms with van der Waals surface area (Å²) in [6.07, 6.45) is 7.44. The Bertz CT molecular complexity index is 907. The van der Waals surface area contributed by atoms with E-state index >= 15 is 0 Å². The summed E-state index contributed by atoms with van der Waals surface area (Å²) in [6.45, 7) is 0.631. The Labute approximate surface area is 139 Å². The third kappa shape index (κ3) is 3.94. The van der Waals surface area contributed by atoms with Gasteiger partial charge in [0.2, 0.25) is 10.0 Å². The number of rotatable bonds is 6. The van der Waals surface area contributed by atoms with Gasteiger partial charge in [0.05, 0.1) is 17.3 Å². The Hall–Kier alpha value is -2.78. The molecule has 1 aromatic carbocycles. The van der Waals surface area contributed by atoms with Crippen LogP contribution in [0.4, 0.5) is 5.82 Å². The number of benzene rings is 1. The van der Waals surface area contributed by atoms with E-state index in [0.717, 1.165) is 5.56 Å². The van der Waals surface area contributed by atoms with Crippen LogP contribution < -0.4 is 10.5 Å². The molecule has 2 heterocycles. The molecule has 9 heteroatoms. The van der Waals surface area contributed by atoms with E-state index in [0.29, 0.717) is 24.6 Å². The molecule has 3 aromatic rings. The topological polar surface area (TPSA) is 116 Å². The lowest BCUT2D eigenvalue weighted by Crippen LogP contribution is -2.12. The minimum Gasteiger partial charge on any atom is -0.368 e. The van der Waals surface area contributed by atoms with Crippen molar-refractivity contribution in [2.45, 2.75) is 11.3 Å². The fraction of sp³-hybridized carbons (Fsp3) is 0.133. The van der Waals surface area contributed by atoms with Crippen molar-refractivity contribution < 1.29 is 8.42 Å². The molecule has 2 aromatic heterocycles. The molecule has 0 fully saturated rings. The average molecular weight is 344 g/mol. The minimum absolute atomic E-state index is 0.108. The molecule has 0 aliphatic rings. The van der Waals surface area contributed by atoms with Crippen molar-refractivity contribution in [1.82, 2.24) is 19.7 Å². The van der Waals surface area contributed by atoms with Crippen molar-refractivity contribution in [2.24, 2.45) is 5.14 Å². The van der Waals surface area contributed by atoms with Gasteiger partial charge < -0.3 is 5.32 Å². The lowest BCUT2D eigenvalue weighted by atomic mass is 10.1. The maximum absolute atomic E-state index is 11.2. The van der Waals surface area contributed by atoms with E-state index < -0.39 is 10.0 Å². The van der Waals surface area contributed by atoms with Crippen molar-refractivity contribution >= 4 is 15.8 Å². The molecule has 0 unspecified atom stereocenters. The number of nitrogens with zero attached hydrogens (tertiary/aromatic N) is 4. The molecule has 0 atom stereocenters. The summed E-state index contributed by atoms with van der Waals surface area (Å²) >= 11 is 0. The van der Waals surface area contributed by atoms with Gasteiger partial charge in [-0.25, -0.2) is 23.2 Å². The molecule has 124 valence electrons. The second-order valence-electron chi connectivity index (χ2n) is 5.08. The highest BCUT2D eigenvalue weighted by Crippen LogP contribution is 2.10. The standard InChI is InChI=1S/C15H16N6O2S/c16-24(22,23)13-4-2-12(3-5-13)6-8-18-14-10-17-11-15(20-14)21-9-1-7-19-21/h1-5,7,9-11H,6,8H2,(H,18,20)(H2,16,22,23). The van der Waals surface area contributed by atoms with Gasteiger partial charge in [0, 0.05) is 18.9 Å². The molecule has 0 bridgehead atoms. The van der Waals surface area contributed by atoms with Crippen LogP contribution in [0.25, 0.3) is 5.82 Å². The Morgan fingerprint density at radius 1 is 1.17 bits per heavy atom. The lowest BCUT2D eigenvalue weighted by Gasteiger charge is -2.07. The maximum Gasteiger partial charge on any atom is 0.238 e. The van der Waals surface area contributed by atoms with Crippen LogP contribution in [0, 0.1) is 0 Å². The summed E-state index contributed by atoms with van der Waals surface area (Å²) in [5.41, 5.74) is 0.992. The second-order valence-corrected chi connectivity index (χ2v) is 6.64. The van der Waals surface area contributed by atoms with Crippen molar-refractivity contribution in [1.29, 1.82) is 0 Å². The summed E-state index contributed by atoms with van der Waals surface area (Å²) in [5, 5.41) is 12.4. The Balaban J connectivity index is 1.60. The average Bonchev–Trinajstić information content (AvgIpc) is 3.09. The predicted octanol–water partition coefficient (Wildman–Crippen LogP) is 0.964. The van der Waals surface area contributed by atoms with Gasteiger partial charge in [0.1, 0.15) is 5.82 Å². The van der Waals surface area contributed by atoms with Gasteiger partial charge >= 0.3 is 0 Å².